The summed E-state index contributed by atoms with van der Waals surface area (Å²) in [5.41, 5.74) is 6.14. The van der Waals surface area contributed by atoms with Crippen LogP contribution < -0.4 is 0 Å². The van der Waals surface area contributed by atoms with Crippen molar-refractivity contribution in [1.82, 2.24) is 29.4 Å². The number of para-hydroxylation sites is 1. The van der Waals surface area contributed by atoms with Crippen molar-refractivity contribution in [3.05, 3.63) is 65.2 Å². The molecule has 0 bridgehead atoms. The van der Waals surface area contributed by atoms with Crippen LogP contribution in [0.2, 0.25) is 0 Å². The van der Waals surface area contributed by atoms with E-state index in [1.165, 1.54) is 0 Å². The Morgan fingerprint density at radius 2 is 1.93 bits per heavy atom. The first-order valence-electron chi connectivity index (χ1n) is 9.48. The van der Waals surface area contributed by atoms with Crippen LogP contribution in [0.4, 0.5) is 0 Å². The van der Waals surface area contributed by atoms with E-state index in [0.29, 0.717) is 12.1 Å². The maximum Gasteiger partial charge on any atom is 0.254 e. The molecule has 148 valence electrons. The Kier molecular flexibility index (Phi) is 4.66. The number of fused-ring (bicyclic) bond motifs is 1. The van der Waals surface area contributed by atoms with Gasteiger partial charge in [0.05, 0.1) is 28.7 Å². The molecular weight excluding hydrogens is 364 g/mol. The Hall–Kier alpha value is -3.48. The summed E-state index contributed by atoms with van der Waals surface area (Å²) in [4.78, 5) is 19.9. The van der Waals surface area contributed by atoms with Crippen molar-refractivity contribution < 1.29 is 4.79 Å². The van der Waals surface area contributed by atoms with Crippen molar-refractivity contribution >= 4 is 16.8 Å². The average molecular weight is 388 g/mol. The summed E-state index contributed by atoms with van der Waals surface area (Å²) in [6.45, 7) is 4.50. The molecule has 4 aromatic rings. The Bertz CT molecular complexity index is 1220. The first-order valence-corrected chi connectivity index (χ1v) is 9.48. The number of pyridine rings is 1. The number of amides is 1. The number of hydrogen-bond acceptors (Lipinski definition) is 4. The lowest BCUT2D eigenvalue weighted by molar-refractivity contribution is 0.0786. The average Bonchev–Trinajstić information content (AvgIpc) is 3.25. The molecule has 0 aliphatic rings. The van der Waals surface area contributed by atoms with Crippen LogP contribution in [0.15, 0.2) is 42.7 Å². The number of hydrogen-bond donors (Lipinski definition) is 0. The summed E-state index contributed by atoms with van der Waals surface area (Å²) < 4.78 is 3.58. The topological polar surface area (TPSA) is 68.8 Å². The lowest BCUT2D eigenvalue weighted by Gasteiger charge is -2.19. The van der Waals surface area contributed by atoms with Gasteiger partial charge in [0, 0.05) is 56.1 Å². The van der Waals surface area contributed by atoms with Gasteiger partial charge in [-0.15, -0.1) is 0 Å². The normalized spacial score (nSPS) is 11.2. The zero-order valence-electron chi connectivity index (χ0n) is 17.3. The van der Waals surface area contributed by atoms with Gasteiger partial charge in [0.2, 0.25) is 0 Å². The number of benzene rings is 1. The van der Waals surface area contributed by atoms with Gasteiger partial charge in [0.15, 0.2) is 0 Å². The predicted octanol–water partition coefficient (Wildman–Crippen LogP) is 3.26. The lowest BCUT2D eigenvalue weighted by atomic mass is 10.0. The Balaban J connectivity index is 1.76. The quantitative estimate of drug-likeness (QED) is 0.538. The maximum absolute atomic E-state index is 13.4. The minimum atomic E-state index is -0.0450. The molecule has 0 saturated carbocycles. The standard InChI is InChI=1S/C22H24N6O/c1-14-19(15(2)28(5)25-14)13-26(3)22(29)18-10-21(16-11-23-27(4)12-16)24-20-9-7-6-8-17(18)20/h6-12H,13H2,1-5H3. The molecule has 0 radical (unpaired) electrons. The second-order valence-corrected chi connectivity index (χ2v) is 7.41. The molecule has 29 heavy (non-hydrogen) atoms. The minimum Gasteiger partial charge on any atom is -0.337 e. The smallest absolute Gasteiger partial charge is 0.254 e. The highest BCUT2D eigenvalue weighted by Gasteiger charge is 2.20. The molecule has 1 amide bonds. The Morgan fingerprint density at radius 1 is 1.17 bits per heavy atom. The molecule has 0 unspecified atom stereocenters. The SMILES string of the molecule is Cc1nn(C)c(C)c1CN(C)C(=O)c1cc(-c2cnn(C)c2)nc2ccccc12. The van der Waals surface area contributed by atoms with Gasteiger partial charge < -0.3 is 4.90 Å². The highest BCUT2D eigenvalue weighted by atomic mass is 16.2. The van der Waals surface area contributed by atoms with E-state index in [-0.39, 0.29) is 5.91 Å². The molecule has 0 spiro atoms. The van der Waals surface area contributed by atoms with Gasteiger partial charge in [-0.05, 0) is 26.0 Å². The van der Waals surface area contributed by atoms with Crippen LogP contribution in [0.1, 0.15) is 27.3 Å². The highest BCUT2D eigenvalue weighted by Crippen LogP contribution is 2.26. The molecular formula is C22H24N6O. The predicted molar refractivity (Wildman–Crippen MR) is 112 cm³/mol. The zero-order chi connectivity index (χ0) is 20.7. The molecule has 3 aromatic heterocycles. The Labute approximate surface area is 169 Å². The fourth-order valence-electron chi connectivity index (χ4n) is 3.61. The first-order chi connectivity index (χ1) is 13.8. The summed E-state index contributed by atoms with van der Waals surface area (Å²) in [6, 6.07) is 9.60. The zero-order valence-corrected chi connectivity index (χ0v) is 17.3. The van der Waals surface area contributed by atoms with E-state index < -0.39 is 0 Å². The first kappa shape index (κ1) is 18.9. The molecule has 4 rings (SSSR count). The summed E-state index contributed by atoms with van der Waals surface area (Å²) >= 11 is 0. The third kappa shape index (κ3) is 3.40. The number of aryl methyl sites for hydroxylation is 3. The van der Waals surface area contributed by atoms with Crippen LogP contribution in [-0.2, 0) is 20.6 Å². The molecule has 0 atom stereocenters. The van der Waals surface area contributed by atoms with Crippen molar-refractivity contribution in [3.63, 3.8) is 0 Å². The van der Waals surface area contributed by atoms with E-state index in [0.717, 1.165) is 39.1 Å². The largest absolute Gasteiger partial charge is 0.337 e. The molecule has 0 aliphatic carbocycles. The van der Waals surface area contributed by atoms with Crippen LogP contribution >= 0.6 is 0 Å². The highest BCUT2D eigenvalue weighted by molar-refractivity contribution is 6.07. The Morgan fingerprint density at radius 3 is 2.59 bits per heavy atom. The molecule has 0 aliphatic heterocycles. The van der Waals surface area contributed by atoms with E-state index in [2.05, 4.69) is 10.2 Å². The molecule has 7 nitrogen and oxygen atoms in total. The van der Waals surface area contributed by atoms with E-state index in [9.17, 15) is 4.79 Å². The van der Waals surface area contributed by atoms with Gasteiger partial charge in [-0.3, -0.25) is 14.2 Å². The van der Waals surface area contributed by atoms with Gasteiger partial charge in [-0.2, -0.15) is 10.2 Å². The van der Waals surface area contributed by atoms with Crippen LogP contribution in [0.3, 0.4) is 0 Å². The van der Waals surface area contributed by atoms with E-state index in [1.54, 1.807) is 15.8 Å². The third-order valence-corrected chi connectivity index (χ3v) is 5.35. The fourth-order valence-corrected chi connectivity index (χ4v) is 3.61. The van der Waals surface area contributed by atoms with Crippen molar-refractivity contribution in [2.24, 2.45) is 14.1 Å². The van der Waals surface area contributed by atoms with Gasteiger partial charge in [0.1, 0.15) is 0 Å². The molecule has 1 aromatic carbocycles. The van der Waals surface area contributed by atoms with Crippen LogP contribution in [-0.4, -0.2) is 42.4 Å². The second kappa shape index (κ2) is 7.16. The van der Waals surface area contributed by atoms with E-state index in [1.807, 2.05) is 76.2 Å². The minimum absolute atomic E-state index is 0.0450. The van der Waals surface area contributed by atoms with Gasteiger partial charge in [-0.25, -0.2) is 4.98 Å². The maximum atomic E-state index is 13.4. The summed E-state index contributed by atoms with van der Waals surface area (Å²) in [6.07, 6.45) is 3.66. The number of carbonyl (C=O) groups excluding carboxylic acids is 1. The van der Waals surface area contributed by atoms with Crippen molar-refractivity contribution in [3.8, 4) is 11.3 Å². The van der Waals surface area contributed by atoms with Gasteiger partial charge in [0.25, 0.3) is 5.91 Å². The molecule has 0 saturated heterocycles. The van der Waals surface area contributed by atoms with E-state index in [4.69, 9.17) is 4.98 Å². The molecule has 0 fully saturated rings. The van der Waals surface area contributed by atoms with E-state index >= 15 is 0 Å². The summed E-state index contributed by atoms with van der Waals surface area (Å²) in [5.74, 6) is -0.0450. The van der Waals surface area contributed by atoms with Crippen molar-refractivity contribution in [1.29, 1.82) is 0 Å². The van der Waals surface area contributed by atoms with Crippen LogP contribution in [0, 0.1) is 13.8 Å². The van der Waals surface area contributed by atoms with Gasteiger partial charge >= 0.3 is 0 Å². The van der Waals surface area contributed by atoms with Crippen molar-refractivity contribution in [2.45, 2.75) is 20.4 Å². The number of rotatable bonds is 4. The second-order valence-electron chi connectivity index (χ2n) is 7.41. The lowest BCUT2D eigenvalue weighted by Crippen LogP contribution is -2.27. The molecule has 0 N–H and O–H groups in total. The molecule has 7 heteroatoms. The number of nitrogens with zero attached hydrogens (tertiary/aromatic N) is 6. The number of carbonyl (C=O) groups is 1. The van der Waals surface area contributed by atoms with Crippen LogP contribution in [0.5, 0.6) is 0 Å². The summed E-state index contributed by atoms with van der Waals surface area (Å²) in [7, 11) is 5.61. The van der Waals surface area contributed by atoms with Gasteiger partial charge in [-0.1, -0.05) is 18.2 Å². The number of aromatic nitrogens is 5. The fraction of sp³-hybridized carbons (Fsp3) is 0.273. The third-order valence-electron chi connectivity index (χ3n) is 5.35. The van der Waals surface area contributed by atoms with Crippen molar-refractivity contribution in [2.75, 3.05) is 7.05 Å². The monoisotopic (exact) mass is 388 g/mol. The van der Waals surface area contributed by atoms with Crippen LogP contribution in [0.25, 0.3) is 22.2 Å². The molecule has 3 heterocycles. The summed E-state index contributed by atoms with van der Waals surface area (Å²) in [5, 5.41) is 9.54.